The number of rotatable bonds is 3. The SMILES string of the molecule is COC1(C(=O)ON2C(=O)c3ccccc3C2=O)CC1. The van der Waals surface area contributed by atoms with Crippen molar-refractivity contribution in [1.82, 2.24) is 5.06 Å². The lowest BCUT2D eigenvalue weighted by atomic mass is 10.1. The van der Waals surface area contributed by atoms with Gasteiger partial charge in [0.2, 0.25) is 0 Å². The predicted molar refractivity (Wildman–Crippen MR) is 62.0 cm³/mol. The fourth-order valence-corrected chi connectivity index (χ4v) is 2.02. The highest BCUT2D eigenvalue weighted by Gasteiger charge is 2.54. The number of benzene rings is 1. The van der Waals surface area contributed by atoms with E-state index in [0.29, 0.717) is 17.9 Å². The Labute approximate surface area is 108 Å². The topological polar surface area (TPSA) is 72.9 Å². The maximum absolute atomic E-state index is 12.0. The summed E-state index contributed by atoms with van der Waals surface area (Å²) < 4.78 is 5.04. The molecule has 6 nitrogen and oxygen atoms in total. The Kier molecular flexibility index (Phi) is 2.43. The number of hydrogen-bond donors (Lipinski definition) is 0. The molecule has 0 atom stereocenters. The fourth-order valence-electron chi connectivity index (χ4n) is 2.02. The maximum Gasteiger partial charge on any atom is 0.364 e. The van der Waals surface area contributed by atoms with Gasteiger partial charge in [-0.3, -0.25) is 9.59 Å². The van der Waals surface area contributed by atoms with Crippen molar-refractivity contribution >= 4 is 17.8 Å². The van der Waals surface area contributed by atoms with Crippen molar-refractivity contribution < 1.29 is 24.0 Å². The number of hydroxylamine groups is 2. The Morgan fingerprint density at radius 2 is 1.68 bits per heavy atom. The number of carbonyl (C=O) groups is 3. The van der Waals surface area contributed by atoms with Crippen LogP contribution in [-0.4, -0.2) is 35.6 Å². The van der Waals surface area contributed by atoms with Crippen LogP contribution in [0.3, 0.4) is 0 Å². The molecule has 1 fully saturated rings. The molecule has 0 N–H and O–H groups in total. The lowest BCUT2D eigenvalue weighted by Gasteiger charge is -2.16. The average Bonchev–Trinajstić information content (AvgIpc) is 3.20. The number of amides is 2. The first kappa shape index (κ1) is 11.9. The van der Waals surface area contributed by atoms with Crippen LogP contribution in [0.15, 0.2) is 24.3 Å². The van der Waals surface area contributed by atoms with Crippen LogP contribution in [0.4, 0.5) is 0 Å². The highest BCUT2D eigenvalue weighted by molar-refractivity contribution is 6.21. The maximum atomic E-state index is 12.0. The van der Waals surface area contributed by atoms with E-state index in [4.69, 9.17) is 9.57 Å². The van der Waals surface area contributed by atoms with Crippen LogP contribution in [-0.2, 0) is 14.4 Å². The highest BCUT2D eigenvalue weighted by atomic mass is 16.7. The van der Waals surface area contributed by atoms with Gasteiger partial charge in [-0.2, -0.15) is 0 Å². The molecule has 1 saturated carbocycles. The molecule has 0 spiro atoms. The molecule has 3 rings (SSSR count). The van der Waals surface area contributed by atoms with E-state index in [1.54, 1.807) is 12.1 Å². The molecule has 0 bridgehead atoms. The molecule has 0 unspecified atom stereocenters. The summed E-state index contributed by atoms with van der Waals surface area (Å²) in [5.74, 6) is -1.95. The first-order chi connectivity index (χ1) is 9.09. The van der Waals surface area contributed by atoms with Crippen LogP contribution >= 0.6 is 0 Å². The summed E-state index contributed by atoms with van der Waals surface area (Å²) in [5.41, 5.74) is -0.514. The van der Waals surface area contributed by atoms with Crippen molar-refractivity contribution in [2.75, 3.05) is 7.11 Å². The first-order valence-corrected chi connectivity index (χ1v) is 5.84. The summed E-state index contributed by atoms with van der Waals surface area (Å²) in [4.78, 5) is 40.7. The largest absolute Gasteiger partial charge is 0.366 e. The smallest absolute Gasteiger partial charge is 0.364 e. The molecule has 6 heteroatoms. The van der Waals surface area contributed by atoms with Crippen molar-refractivity contribution in [1.29, 1.82) is 0 Å². The van der Waals surface area contributed by atoms with Crippen molar-refractivity contribution in [3.63, 3.8) is 0 Å². The van der Waals surface area contributed by atoms with Crippen LogP contribution in [0.2, 0.25) is 0 Å². The highest BCUT2D eigenvalue weighted by Crippen LogP contribution is 2.40. The monoisotopic (exact) mass is 261 g/mol. The van der Waals surface area contributed by atoms with Gasteiger partial charge in [-0.25, -0.2) is 4.79 Å². The summed E-state index contributed by atoms with van der Waals surface area (Å²) in [6.45, 7) is 0. The molecule has 0 radical (unpaired) electrons. The zero-order chi connectivity index (χ0) is 13.6. The Morgan fingerprint density at radius 3 is 2.11 bits per heavy atom. The normalized spacial score (nSPS) is 19.3. The van der Waals surface area contributed by atoms with Crippen LogP contribution in [0.25, 0.3) is 0 Å². The minimum absolute atomic E-state index is 0.238. The molecule has 2 amide bonds. The Hall–Kier alpha value is -2.21. The Balaban J connectivity index is 1.83. The summed E-state index contributed by atoms with van der Waals surface area (Å²) in [5, 5.41) is 0.506. The number of imide groups is 1. The van der Waals surface area contributed by atoms with Gasteiger partial charge in [0, 0.05) is 7.11 Å². The molecule has 1 aliphatic carbocycles. The lowest BCUT2D eigenvalue weighted by molar-refractivity contribution is -0.183. The van der Waals surface area contributed by atoms with Gasteiger partial charge < -0.3 is 9.57 Å². The van der Waals surface area contributed by atoms with Crippen molar-refractivity contribution in [3.05, 3.63) is 35.4 Å². The molecule has 19 heavy (non-hydrogen) atoms. The zero-order valence-corrected chi connectivity index (χ0v) is 10.2. The van der Waals surface area contributed by atoms with Gasteiger partial charge in [0.1, 0.15) is 0 Å². The second-order valence-electron chi connectivity index (χ2n) is 4.53. The standard InChI is InChI=1S/C13H11NO5/c1-18-13(6-7-13)12(17)19-14-10(15)8-4-2-3-5-9(8)11(14)16/h2-5H,6-7H2,1H3. The number of nitrogens with zero attached hydrogens (tertiary/aromatic N) is 1. The third kappa shape index (κ3) is 1.64. The van der Waals surface area contributed by atoms with Gasteiger partial charge in [-0.1, -0.05) is 17.2 Å². The quantitative estimate of drug-likeness (QED) is 0.756. The molecule has 1 aromatic carbocycles. The van der Waals surface area contributed by atoms with Gasteiger partial charge >= 0.3 is 5.97 Å². The lowest BCUT2D eigenvalue weighted by Crippen LogP contribution is -2.38. The van der Waals surface area contributed by atoms with Crippen molar-refractivity contribution in [3.8, 4) is 0 Å². The number of methoxy groups -OCH3 is 1. The Morgan fingerprint density at radius 1 is 1.16 bits per heavy atom. The van der Waals surface area contributed by atoms with Crippen LogP contribution in [0.5, 0.6) is 0 Å². The summed E-state index contributed by atoms with van der Waals surface area (Å²) in [7, 11) is 1.40. The molecule has 1 aromatic rings. The van der Waals surface area contributed by atoms with Crippen LogP contribution in [0, 0.1) is 0 Å². The van der Waals surface area contributed by atoms with E-state index in [0.717, 1.165) is 0 Å². The summed E-state index contributed by atoms with van der Waals surface area (Å²) in [6, 6.07) is 6.33. The van der Waals surface area contributed by atoms with E-state index < -0.39 is 23.4 Å². The minimum atomic E-state index is -0.991. The van der Waals surface area contributed by atoms with E-state index in [1.165, 1.54) is 19.2 Å². The number of carbonyl (C=O) groups excluding carboxylic acids is 3. The van der Waals surface area contributed by atoms with Gasteiger partial charge in [0.15, 0.2) is 5.60 Å². The molecule has 0 aromatic heterocycles. The van der Waals surface area contributed by atoms with E-state index in [9.17, 15) is 14.4 Å². The number of fused-ring (bicyclic) bond motifs is 1. The molecule has 0 saturated heterocycles. The van der Waals surface area contributed by atoms with Crippen LogP contribution in [0.1, 0.15) is 33.6 Å². The summed E-state index contributed by atoms with van der Waals surface area (Å²) >= 11 is 0. The fraction of sp³-hybridized carbons (Fsp3) is 0.308. The second kappa shape index (κ2) is 3.89. The Bertz CT molecular complexity index is 555. The van der Waals surface area contributed by atoms with Gasteiger partial charge in [-0.15, -0.1) is 0 Å². The third-order valence-corrected chi connectivity index (χ3v) is 3.40. The molecule has 2 aliphatic rings. The molecule has 1 heterocycles. The second-order valence-corrected chi connectivity index (χ2v) is 4.53. The van der Waals surface area contributed by atoms with Crippen LogP contribution < -0.4 is 0 Å². The van der Waals surface area contributed by atoms with Crippen molar-refractivity contribution in [2.24, 2.45) is 0 Å². The average molecular weight is 261 g/mol. The van der Waals surface area contributed by atoms with Crippen molar-refractivity contribution in [2.45, 2.75) is 18.4 Å². The summed E-state index contributed by atoms with van der Waals surface area (Å²) in [6.07, 6.45) is 1.07. The number of hydrogen-bond acceptors (Lipinski definition) is 5. The zero-order valence-electron chi connectivity index (χ0n) is 10.2. The van der Waals surface area contributed by atoms with Gasteiger partial charge in [0.05, 0.1) is 11.1 Å². The molecule has 98 valence electrons. The number of ether oxygens (including phenoxy) is 1. The predicted octanol–water partition coefficient (Wildman–Crippen LogP) is 0.920. The third-order valence-electron chi connectivity index (χ3n) is 3.40. The molecule has 1 aliphatic heterocycles. The minimum Gasteiger partial charge on any atom is -0.366 e. The van der Waals surface area contributed by atoms with E-state index in [1.807, 2.05) is 0 Å². The van der Waals surface area contributed by atoms with Gasteiger partial charge in [0.25, 0.3) is 11.8 Å². The molecular weight excluding hydrogens is 250 g/mol. The first-order valence-electron chi connectivity index (χ1n) is 5.84. The van der Waals surface area contributed by atoms with E-state index >= 15 is 0 Å². The van der Waals surface area contributed by atoms with E-state index in [2.05, 4.69) is 0 Å². The molecular formula is C13H11NO5. The van der Waals surface area contributed by atoms with E-state index in [-0.39, 0.29) is 11.1 Å². The van der Waals surface area contributed by atoms with Gasteiger partial charge in [-0.05, 0) is 25.0 Å².